The molecule has 0 aromatic heterocycles. The molecular formula is C16H20F3NO5. The van der Waals surface area contributed by atoms with Gasteiger partial charge in [0.15, 0.2) is 18.1 Å². The van der Waals surface area contributed by atoms with E-state index in [1.807, 2.05) is 0 Å². The average Bonchev–Trinajstić information content (AvgIpc) is 2.54. The third kappa shape index (κ3) is 7.32. The van der Waals surface area contributed by atoms with Crippen LogP contribution >= 0.6 is 0 Å². The average molecular weight is 363 g/mol. The van der Waals surface area contributed by atoms with E-state index in [1.165, 1.54) is 30.2 Å². The van der Waals surface area contributed by atoms with Crippen molar-refractivity contribution in [1.29, 1.82) is 0 Å². The molecule has 1 amide bonds. The highest BCUT2D eigenvalue weighted by Crippen LogP contribution is 2.30. The number of nitrogens with zero attached hydrogens (tertiary/aromatic N) is 1. The van der Waals surface area contributed by atoms with Gasteiger partial charge in [-0.25, -0.2) is 0 Å². The Morgan fingerprint density at radius 2 is 1.92 bits per heavy atom. The summed E-state index contributed by atoms with van der Waals surface area (Å²) in [6.07, 6.45) is -4.08. The lowest BCUT2D eigenvalue weighted by atomic mass is 10.1. The Morgan fingerprint density at radius 3 is 2.44 bits per heavy atom. The Morgan fingerprint density at radius 1 is 1.24 bits per heavy atom. The lowest BCUT2D eigenvalue weighted by Crippen LogP contribution is -2.35. The number of carbonyl (C=O) groups is 2. The largest absolute Gasteiger partial charge is 0.493 e. The monoisotopic (exact) mass is 363 g/mol. The molecule has 25 heavy (non-hydrogen) atoms. The molecule has 0 saturated heterocycles. The number of carboxylic acids is 1. The summed E-state index contributed by atoms with van der Waals surface area (Å²) in [5.41, 5.74) is 0.663. The van der Waals surface area contributed by atoms with E-state index in [4.69, 9.17) is 9.84 Å². The number of hydrogen-bond donors (Lipinski definition) is 1. The number of likely N-dealkylation sites (N-methyl/N-ethyl adjacent to an activating group) is 1. The first-order valence-corrected chi connectivity index (χ1v) is 7.52. The second-order valence-corrected chi connectivity index (χ2v) is 5.19. The van der Waals surface area contributed by atoms with Gasteiger partial charge in [-0.1, -0.05) is 6.07 Å². The number of rotatable bonds is 9. The second-order valence-electron chi connectivity index (χ2n) is 5.19. The van der Waals surface area contributed by atoms with E-state index < -0.39 is 18.8 Å². The predicted molar refractivity (Wildman–Crippen MR) is 82.8 cm³/mol. The molecule has 0 saturated carbocycles. The van der Waals surface area contributed by atoms with Crippen LogP contribution in [0.2, 0.25) is 0 Å². The predicted octanol–water partition coefficient (Wildman–Crippen LogP) is 2.50. The Labute approximate surface area is 143 Å². The molecule has 9 heteroatoms. The van der Waals surface area contributed by atoms with Crippen molar-refractivity contribution in [3.8, 4) is 11.5 Å². The molecule has 0 bridgehead atoms. The van der Waals surface area contributed by atoms with Crippen LogP contribution in [0.1, 0.15) is 18.9 Å². The summed E-state index contributed by atoms with van der Waals surface area (Å²) in [5, 5.41) is 8.75. The number of benzene rings is 1. The molecule has 0 atom stereocenters. The molecule has 1 rings (SSSR count). The fourth-order valence-electron chi connectivity index (χ4n) is 2.10. The number of aryl methyl sites for hydroxylation is 1. The van der Waals surface area contributed by atoms with Crippen molar-refractivity contribution in [2.45, 2.75) is 25.9 Å². The Balaban J connectivity index is 2.70. The fraction of sp³-hybridized carbons (Fsp3) is 0.500. The summed E-state index contributed by atoms with van der Waals surface area (Å²) < 4.78 is 46.3. The molecule has 1 aromatic carbocycles. The molecule has 1 N–H and O–H groups in total. The summed E-state index contributed by atoms with van der Waals surface area (Å²) in [6, 6.07) is 4.38. The SMILES string of the molecule is CCN(CC(=O)O)C(=O)CCc1ccc(OCC(F)(F)F)c(OC)c1. The Kier molecular flexibility index (Phi) is 7.53. The van der Waals surface area contributed by atoms with Gasteiger partial charge in [-0.05, 0) is 31.0 Å². The lowest BCUT2D eigenvalue weighted by molar-refractivity contribution is -0.153. The number of halogens is 3. The zero-order valence-corrected chi connectivity index (χ0v) is 13.9. The minimum atomic E-state index is -4.45. The molecule has 0 aliphatic carbocycles. The highest BCUT2D eigenvalue weighted by molar-refractivity contribution is 5.81. The van der Waals surface area contributed by atoms with E-state index in [1.54, 1.807) is 6.92 Å². The van der Waals surface area contributed by atoms with Gasteiger partial charge in [-0.15, -0.1) is 0 Å². The third-order valence-electron chi connectivity index (χ3n) is 3.31. The fourth-order valence-corrected chi connectivity index (χ4v) is 2.10. The van der Waals surface area contributed by atoms with Crippen LogP contribution in [0, 0.1) is 0 Å². The number of alkyl halides is 3. The van der Waals surface area contributed by atoms with Crippen molar-refractivity contribution in [2.75, 3.05) is 26.8 Å². The number of ether oxygens (including phenoxy) is 2. The van der Waals surface area contributed by atoms with Crippen LogP contribution in [0.25, 0.3) is 0 Å². The maximum absolute atomic E-state index is 12.2. The van der Waals surface area contributed by atoms with E-state index in [0.717, 1.165) is 0 Å². The smallest absolute Gasteiger partial charge is 0.422 e. The van der Waals surface area contributed by atoms with E-state index in [0.29, 0.717) is 12.0 Å². The van der Waals surface area contributed by atoms with Crippen LogP contribution < -0.4 is 9.47 Å². The van der Waals surface area contributed by atoms with Gasteiger partial charge in [0.1, 0.15) is 6.54 Å². The molecule has 1 aromatic rings. The van der Waals surface area contributed by atoms with Crippen molar-refractivity contribution in [3.05, 3.63) is 23.8 Å². The number of methoxy groups -OCH3 is 1. The number of amides is 1. The normalized spacial score (nSPS) is 11.1. The van der Waals surface area contributed by atoms with Gasteiger partial charge in [0.2, 0.25) is 5.91 Å². The van der Waals surface area contributed by atoms with Crippen molar-refractivity contribution in [3.63, 3.8) is 0 Å². The van der Waals surface area contributed by atoms with Gasteiger partial charge < -0.3 is 19.5 Å². The quantitative estimate of drug-likeness (QED) is 0.730. The Bertz CT molecular complexity index is 604. The molecule has 0 radical (unpaired) electrons. The first-order chi connectivity index (χ1) is 11.7. The molecule has 0 unspecified atom stereocenters. The van der Waals surface area contributed by atoms with Gasteiger partial charge in [-0.3, -0.25) is 9.59 Å². The van der Waals surface area contributed by atoms with E-state index >= 15 is 0 Å². The highest BCUT2D eigenvalue weighted by atomic mass is 19.4. The summed E-state index contributed by atoms with van der Waals surface area (Å²) in [6.45, 7) is 0.153. The maximum atomic E-state index is 12.2. The van der Waals surface area contributed by atoms with E-state index in [-0.39, 0.29) is 36.9 Å². The zero-order chi connectivity index (χ0) is 19.0. The first-order valence-electron chi connectivity index (χ1n) is 7.52. The molecular weight excluding hydrogens is 343 g/mol. The van der Waals surface area contributed by atoms with Crippen LogP contribution in [0.5, 0.6) is 11.5 Å². The summed E-state index contributed by atoms with van der Waals surface area (Å²) in [4.78, 5) is 23.9. The molecule has 0 heterocycles. The van der Waals surface area contributed by atoms with Crippen molar-refractivity contribution < 1.29 is 37.3 Å². The van der Waals surface area contributed by atoms with Gasteiger partial charge in [0.05, 0.1) is 7.11 Å². The van der Waals surface area contributed by atoms with Crippen LogP contribution in [0.3, 0.4) is 0 Å². The van der Waals surface area contributed by atoms with Gasteiger partial charge in [-0.2, -0.15) is 13.2 Å². The molecule has 6 nitrogen and oxygen atoms in total. The number of carbonyl (C=O) groups excluding carboxylic acids is 1. The van der Waals surface area contributed by atoms with Crippen molar-refractivity contribution in [2.24, 2.45) is 0 Å². The minimum Gasteiger partial charge on any atom is -0.493 e. The van der Waals surface area contributed by atoms with Crippen LogP contribution in [-0.2, 0) is 16.0 Å². The van der Waals surface area contributed by atoms with Crippen LogP contribution in [-0.4, -0.2) is 54.9 Å². The topological polar surface area (TPSA) is 76.1 Å². The standard InChI is InChI=1S/C16H20F3NO5/c1-3-20(9-15(22)23)14(21)7-5-11-4-6-12(13(8-11)24-2)25-10-16(17,18)19/h4,6,8H,3,5,7,9-10H2,1-2H3,(H,22,23). The zero-order valence-electron chi connectivity index (χ0n) is 13.9. The number of hydrogen-bond acceptors (Lipinski definition) is 4. The lowest BCUT2D eigenvalue weighted by Gasteiger charge is -2.18. The molecule has 140 valence electrons. The number of carboxylic acid groups (broad SMARTS) is 1. The van der Waals surface area contributed by atoms with Crippen LogP contribution in [0.15, 0.2) is 18.2 Å². The summed E-state index contributed by atoms with van der Waals surface area (Å²) in [7, 11) is 1.30. The first kappa shape index (κ1) is 20.6. The molecule has 0 aliphatic heterocycles. The Hall–Kier alpha value is -2.45. The van der Waals surface area contributed by atoms with Gasteiger partial charge >= 0.3 is 12.1 Å². The van der Waals surface area contributed by atoms with Gasteiger partial charge in [0, 0.05) is 13.0 Å². The van der Waals surface area contributed by atoms with Crippen molar-refractivity contribution in [1.82, 2.24) is 4.90 Å². The second kappa shape index (κ2) is 9.14. The highest BCUT2D eigenvalue weighted by Gasteiger charge is 2.29. The summed E-state index contributed by atoms with van der Waals surface area (Å²) >= 11 is 0. The molecule has 0 spiro atoms. The van der Waals surface area contributed by atoms with E-state index in [2.05, 4.69) is 4.74 Å². The van der Waals surface area contributed by atoms with Gasteiger partial charge in [0.25, 0.3) is 0 Å². The van der Waals surface area contributed by atoms with Crippen molar-refractivity contribution >= 4 is 11.9 Å². The molecule has 0 fully saturated rings. The number of aliphatic carboxylic acids is 1. The van der Waals surface area contributed by atoms with Crippen LogP contribution in [0.4, 0.5) is 13.2 Å². The van der Waals surface area contributed by atoms with E-state index in [9.17, 15) is 22.8 Å². The maximum Gasteiger partial charge on any atom is 0.422 e. The minimum absolute atomic E-state index is 0.0454. The molecule has 0 aliphatic rings. The third-order valence-corrected chi connectivity index (χ3v) is 3.31. The summed E-state index contributed by atoms with van der Waals surface area (Å²) in [5.74, 6) is -1.33.